The third-order valence-corrected chi connectivity index (χ3v) is 4.93. The van der Waals surface area contributed by atoms with E-state index >= 15 is 0 Å². The lowest BCUT2D eigenvalue weighted by Gasteiger charge is -2.32. The molecule has 6 heteroatoms. The fourth-order valence-corrected chi connectivity index (χ4v) is 3.65. The molecule has 0 N–H and O–H groups in total. The van der Waals surface area contributed by atoms with Crippen molar-refractivity contribution in [3.8, 4) is 0 Å². The molecule has 1 amide bonds. The average Bonchev–Trinajstić information content (AvgIpc) is 3.04. The maximum atomic E-state index is 13.3. The number of carbonyl (C=O) groups is 1. The Morgan fingerprint density at radius 2 is 2.21 bits per heavy atom. The molecule has 1 atom stereocenters. The van der Waals surface area contributed by atoms with Crippen LogP contribution in [-0.4, -0.2) is 35.5 Å². The van der Waals surface area contributed by atoms with Crippen molar-refractivity contribution in [3.05, 3.63) is 51.7 Å². The van der Waals surface area contributed by atoms with Crippen LogP contribution >= 0.6 is 11.3 Å². The lowest BCUT2D eigenvalue weighted by Crippen LogP contribution is -2.42. The van der Waals surface area contributed by atoms with Crippen LogP contribution in [0.2, 0.25) is 0 Å². The van der Waals surface area contributed by atoms with Crippen LogP contribution in [0.3, 0.4) is 0 Å². The van der Waals surface area contributed by atoms with Crippen LogP contribution in [0.4, 0.5) is 4.39 Å². The lowest BCUT2D eigenvalue weighted by atomic mass is 9.93. The number of halogens is 1. The van der Waals surface area contributed by atoms with Crippen molar-refractivity contribution in [1.82, 2.24) is 9.88 Å². The number of aromatic nitrogens is 1. The number of hydrogen-bond acceptors (Lipinski definition) is 4. The summed E-state index contributed by atoms with van der Waals surface area (Å²) in [5, 5.41) is 2.93. The number of carbonyl (C=O) groups excluding carboxylic acids is 1. The summed E-state index contributed by atoms with van der Waals surface area (Å²) in [7, 11) is 0. The average molecular weight is 348 g/mol. The van der Waals surface area contributed by atoms with E-state index in [9.17, 15) is 9.18 Å². The summed E-state index contributed by atoms with van der Waals surface area (Å²) in [6.45, 7) is 7.75. The highest BCUT2D eigenvalue weighted by molar-refractivity contribution is 7.09. The predicted molar refractivity (Wildman–Crippen MR) is 91.8 cm³/mol. The van der Waals surface area contributed by atoms with Crippen LogP contribution in [0, 0.1) is 5.82 Å². The number of amides is 1. The van der Waals surface area contributed by atoms with Gasteiger partial charge in [0.25, 0.3) is 5.91 Å². The summed E-state index contributed by atoms with van der Waals surface area (Å²) in [4.78, 5) is 19.0. The number of rotatable bonds is 2. The first-order chi connectivity index (χ1) is 11.3. The van der Waals surface area contributed by atoms with Gasteiger partial charge in [-0.1, -0.05) is 26.8 Å². The van der Waals surface area contributed by atoms with Gasteiger partial charge in [0.2, 0.25) is 0 Å². The summed E-state index contributed by atoms with van der Waals surface area (Å²) in [5.74, 6) is -0.573. The Hall–Kier alpha value is -1.79. The van der Waals surface area contributed by atoms with Gasteiger partial charge in [0, 0.05) is 22.9 Å². The van der Waals surface area contributed by atoms with E-state index in [0.717, 1.165) is 10.7 Å². The molecule has 1 aliphatic rings. The number of morpholine rings is 1. The smallest absolute Gasteiger partial charge is 0.254 e. The third kappa shape index (κ3) is 3.65. The SMILES string of the molecule is CC(C)(C)c1csc([C@@H]2CN(C(=O)c3cccc(F)c3)CCO2)n1. The van der Waals surface area contributed by atoms with Crippen molar-refractivity contribution in [1.29, 1.82) is 0 Å². The van der Waals surface area contributed by atoms with E-state index in [-0.39, 0.29) is 17.4 Å². The minimum atomic E-state index is -0.402. The quantitative estimate of drug-likeness (QED) is 0.829. The molecule has 24 heavy (non-hydrogen) atoms. The predicted octanol–water partition coefficient (Wildman–Crippen LogP) is 3.79. The van der Waals surface area contributed by atoms with Crippen LogP contribution in [0.1, 0.15) is 47.9 Å². The van der Waals surface area contributed by atoms with Gasteiger partial charge in [-0.3, -0.25) is 4.79 Å². The van der Waals surface area contributed by atoms with Crippen LogP contribution < -0.4 is 0 Å². The maximum absolute atomic E-state index is 13.3. The largest absolute Gasteiger partial charge is 0.367 e. The first kappa shape index (κ1) is 17.0. The molecular formula is C18H21FN2O2S. The van der Waals surface area contributed by atoms with E-state index < -0.39 is 5.82 Å². The van der Waals surface area contributed by atoms with E-state index in [0.29, 0.717) is 25.3 Å². The van der Waals surface area contributed by atoms with Crippen molar-refractivity contribution < 1.29 is 13.9 Å². The van der Waals surface area contributed by atoms with Gasteiger partial charge in [0.05, 0.1) is 18.8 Å². The van der Waals surface area contributed by atoms with Crippen LogP contribution in [-0.2, 0) is 10.2 Å². The molecule has 1 aromatic carbocycles. The number of benzene rings is 1. The Bertz CT molecular complexity index is 739. The molecule has 2 aromatic rings. The molecule has 1 fully saturated rings. The Labute approximate surface area is 145 Å². The minimum Gasteiger partial charge on any atom is -0.367 e. The molecule has 3 rings (SSSR count). The van der Waals surface area contributed by atoms with E-state index in [1.165, 1.54) is 12.1 Å². The number of nitrogens with zero attached hydrogens (tertiary/aromatic N) is 2. The molecule has 2 heterocycles. The van der Waals surface area contributed by atoms with Crippen molar-refractivity contribution in [3.63, 3.8) is 0 Å². The van der Waals surface area contributed by atoms with Crippen LogP contribution in [0.25, 0.3) is 0 Å². The van der Waals surface area contributed by atoms with Gasteiger partial charge in [-0.15, -0.1) is 11.3 Å². The Balaban J connectivity index is 1.75. The highest BCUT2D eigenvalue weighted by atomic mass is 32.1. The molecule has 128 valence electrons. The highest BCUT2D eigenvalue weighted by Crippen LogP contribution is 2.30. The zero-order valence-corrected chi connectivity index (χ0v) is 14.9. The van der Waals surface area contributed by atoms with Gasteiger partial charge >= 0.3 is 0 Å². The second-order valence-electron chi connectivity index (χ2n) is 6.94. The molecule has 0 aliphatic carbocycles. The normalized spacial score (nSPS) is 18.7. The highest BCUT2D eigenvalue weighted by Gasteiger charge is 2.29. The fraction of sp³-hybridized carbons (Fsp3) is 0.444. The summed E-state index contributed by atoms with van der Waals surface area (Å²) in [6, 6.07) is 5.80. The second kappa shape index (κ2) is 6.61. The molecule has 1 aliphatic heterocycles. The molecule has 0 bridgehead atoms. The number of hydrogen-bond donors (Lipinski definition) is 0. The van der Waals surface area contributed by atoms with Crippen molar-refractivity contribution in [2.45, 2.75) is 32.3 Å². The van der Waals surface area contributed by atoms with Crippen molar-refractivity contribution >= 4 is 17.2 Å². The molecule has 1 aromatic heterocycles. The number of ether oxygens (including phenoxy) is 1. The zero-order valence-electron chi connectivity index (χ0n) is 14.1. The Morgan fingerprint density at radius 3 is 2.88 bits per heavy atom. The van der Waals surface area contributed by atoms with Crippen molar-refractivity contribution in [2.24, 2.45) is 0 Å². The van der Waals surface area contributed by atoms with Gasteiger partial charge in [-0.2, -0.15) is 0 Å². The number of thiazole rings is 1. The molecule has 0 spiro atoms. The molecular weight excluding hydrogens is 327 g/mol. The lowest BCUT2D eigenvalue weighted by molar-refractivity contribution is -0.0230. The van der Waals surface area contributed by atoms with Gasteiger partial charge in [-0.25, -0.2) is 9.37 Å². The van der Waals surface area contributed by atoms with Crippen molar-refractivity contribution in [2.75, 3.05) is 19.7 Å². The minimum absolute atomic E-state index is 0.0134. The monoisotopic (exact) mass is 348 g/mol. The first-order valence-electron chi connectivity index (χ1n) is 7.97. The van der Waals surface area contributed by atoms with Gasteiger partial charge in [0.15, 0.2) is 0 Å². The molecule has 4 nitrogen and oxygen atoms in total. The molecule has 0 saturated carbocycles. The fourth-order valence-electron chi connectivity index (χ4n) is 2.57. The molecule has 1 saturated heterocycles. The van der Waals surface area contributed by atoms with Gasteiger partial charge in [-0.05, 0) is 18.2 Å². The van der Waals surface area contributed by atoms with E-state index in [2.05, 4.69) is 25.8 Å². The maximum Gasteiger partial charge on any atom is 0.254 e. The van der Waals surface area contributed by atoms with E-state index in [1.54, 1.807) is 28.4 Å². The second-order valence-corrected chi connectivity index (χ2v) is 7.83. The molecule has 0 radical (unpaired) electrons. The summed E-state index contributed by atoms with van der Waals surface area (Å²) in [5.41, 5.74) is 1.38. The third-order valence-electron chi connectivity index (χ3n) is 3.99. The van der Waals surface area contributed by atoms with Crippen LogP contribution in [0.15, 0.2) is 29.6 Å². The van der Waals surface area contributed by atoms with E-state index in [4.69, 9.17) is 4.74 Å². The molecule has 0 unspecified atom stereocenters. The summed E-state index contributed by atoms with van der Waals surface area (Å²) < 4.78 is 19.2. The summed E-state index contributed by atoms with van der Waals surface area (Å²) in [6.07, 6.45) is -0.225. The Kier molecular flexibility index (Phi) is 4.69. The topological polar surface area (TPSA) is 42.4 Å². The standard InChI is InChI=1S/C18H21FN2O2S/c1-18(2,3)15-11-24-16(20-15)14-10-21(7-8-23-14)17(22)12-5-4-6-13(19)9-12/h4-6,9,11,14H,7-8,10H2,1-3H3/t14-/m0/s1. The van der Waals surface area contributed by atoms with Gasteiger partial charge < -0.3 is 9.64 Å². The Morgan fingerprint density at radius 1 is 1.42 bits per heavy atom. The zero-order chi connectivity index (χ0) is 17.3. The van der Waals surface area contributed by atoms with Crippen LogP contribution in [0.5, 0.6) is 0 Å². The first-order valence-corrected chi connectivity index (χ1v) is 8.85. The summed E-state index contributed by atoms with van der Waals surface area (Å²) >= 11 is 1.56. The van der Waals surface area contributed by atoms with E-state index in [1.807, 2.05) is 5.38 Å². The van der Waals surface area contributed by atoms with Gasteiger partial charge in [0.1, 0.15) is 16.9 Å².